The maximum Gasteiger partial charge on any atom is 0.419 e. The summed E-state index contributed by atoms with van der Waals surface area (Å²) in [7, 11) is 1.54. The van der Waals surface area contributed by atoms with Gasteiger partial charge in [-0.1, -0.05) is 18.6 Å². The third-order valence-electron chi connectivity index (χ3n) is 8.76. The molecule has 13 heteroatoms. The predicted octanol–water partition coefficient (Wildman–Crippen LogP) is 4.90. The summed E-state index contributed by atoms with van der Waals surface area (Å²) in [6.07, 6.45) is 2.56. The van der Waals surface area contributed by atoms with E-state index in [1.54, 1.807) is 20.1 Å². The third kappa shape index (κ3) is 9.22. The molecule has 0 amide bonds. The van der Waals surface area contributed by atoms with Crippen LogP contribution >= 0.6 is 0 Å². The highest BCUT2D eigenvalue weighted by Crippen LogP contribution is 2.36. The highest BCUT2D eigenvalue weighted by Gasteiger charge is 2.36. The quantitative estimate of drug-likeness (QED) is 0.123. The molecular weight excluding hydrogens is 626 g/mol. The van der Waals surface area contributed by atoms with Gasteiger partial charge in [-0.25, -0.2) is 9.38 Å². The number of H-pyrrole nitrogens is 1. The topological polar surface area (TPSA) is 126 Å². The first-order chi connectivity index (χ1) is 23.0. The van der Waals surface area contributed by atoms with E-state index in [-0.39, 0.29) is 36.8 Å². The Bertz CT molecular complexity index is 1670. The lowest BCUT2D eigenvalue weighted by molar-refractivity contribution is -0.140. The van der Waals surface area contributed by atoms with Gasteiger partial charge in [-0.15, -0.1) is 0 Å². The van der Waals surface area contributed by atoms with Crippen molar-refractivity contribution in [2.75, 3.05) is 38.6 Å². The van der Waals surface area contributed by atoms with Gasteiger partial charge in [-0.05, 0) is 86.9 Å². The van der Waals surface area contributed by atoms with Gasteiger partial charge in [0.25, 0.3) is 0 Å². The molecule has 3 atom stereocenters. The molecule has 1 fully saturated rings. The fourth-order valence-electron chi connectivity index (χ4n) is 6.34. The maximum absolute atomic E-state index is 15.5. The van der Waals surface area contributed by atoms with Crippen molar-refractivity contribution in [2.24, 2.45) is 21.5 Å². The number of nitrogens with one attached hydrogen (secondary N) is 2. The number of aromatic amines is 1. The highest BCUT2D eigenvalue weighted by molar-refractivity contribution is 5.77. The van der Waals surface area contributed by atoms with Crippen molar-refractivity contribution >= 4 is 17.7 Å². The monoisotopic (exact) mass is 671 g/mol. The number of nitrogens with two attached hydrogens (primary N) is 2. The molecule has 1 saturated heterocycles. The van der Waals surface area contributed by atoms with E-state index < -0.39 is 17.6 Å². The number of anilines is 1. The van der Waals surface area contributed by atoms with Crippen LogP contribution in [0.5, 0.6) is 0 Å². The second-order valence-corrected chi connectivity index (χ2v) is 12.6. The van der Waals surface area contributed by atoms with E-state index >= 15 is 4.39 Å². The fraction of sp³-hybridized carbons (Fsp3) is 0.486. The lowest BCUT2D eigenvalue weighted by Gasteiger charge is -2.31. The van der Waals surface area contributed by atoms with E-state index in [9.17, 15) is 13.2 Å². The molecule has 0 spiro atoms. The zero-order chi connectivity index (χ0) is 34.3. The van der Waals surface area contributed by atoms with Crippen LogP contribution in [0.4, 0.5) is 23.2 Å². The Morgan fingerprint density at radius 3 is 2.71 bits per heavy atom. The average molecular weight is 672 g/mol. The summed E-state index contributed by atoms with van der Waals surface area (Å²) in [5, 5.41) is 4.36. The van der Waals surface area contributed by atoms with Crippen LogP contribution in [0.15, 0.2) is 52.4 Å². The molecule has 0 unspecified atom stereocenters. The molecule has 0 aliphatic carbocycles. The van der Waals surface area contributed by atoms with Gasteiger partial charge < -0.3 is 36.1 Å². The molecular formula is C35H45F4N7O2. The van der Waals surface area contributed by atoms with Gasteiger partial charge in [0.1, 0.15) is 24.8 Å². The van der Waals surface area contributed by atoms with Crippen LogP contribution in [0, 0.1) is 5.82 Å². The summed E-state index contributed by atoms with van der Waals surface area (Å²) in [6.45, 7) is 3.09. The lowest BCUT2D eigenvalue weighted by atomic mass is 9.92. The predicted molar refractivity (Wildman–Crippen MR) is 179 cm³/mol. The zero-order valence-electron chi connectivity index (χ0n) is 27.5. The van der Waals surface area contributed by atoms with E-state index in [4.69, 9.17) is 20.9 Å². The van der Waals surface area contributed by atoms with E-state index in [1.807, 2.05) is 23.2 Å². The van der Waals surface area contributed by atoms with Gasteiger partial charge in [-0.3, -0.25) is 4.99 Å². The minimum absolute atomic E-state index is 0.0224. The number of aliphatic imine (C=N–C) groups is 1. The average Bonchev–Trinajstić information content (AvgIpc) is 3.42. The molecule has 5 rings (SSSR count). The number of benzene rings is 2. The molecule has 48 heavy (non-hydrogen) atoms. The smallest absolute Gasteiger partial charge is 0.388 e. The number of aryl methyl sites for hydroxylation is 1. The number of halogens is 4. The van der Waals surface area contributed by atoms with Crippen LogP contribution in [0.3, 0.4) is 0 Å². The molecule has 3 aromatic rings. The molecule has 2 aromatic carbocycles. The zero-order valence-corrected chi connectivity index (χ0v) is 27.5. The molecule has 9 nitrogen and oxygen atoms in total. The Balaban J connectivity index is 1.38. The van der Waals surface area contributed by atoms with Crippen molar-refractivity contribution in [3.8, 4) is 11.3 Å². The standard InChI is InChI=1S/C35H45F4N7O2/c1-22(40)42-14-13-27-7-4-8-31(44-27)24-9-11-28(12-10-24)46-18-25-17-32(45-34(25)43-20-48-21-46)29-15-23(5-3-6-26(41)19-47-2)16-30(33(29)36)35(37,38)39/h9-12,15-18,26-27,31,44H,3-8,13-14,19-21,41H2,1-2H3,(H2,40,42)(H,43,45)/b25-18-/t26-,27+,31+/m1/s1. The fourth-order valence-corrected chi connectivity index (χ4v) is 6.34. The van der Waals surface area contributed by atoms with Gasteiger partial charge >= 0.3 is 6.18 Å². The molecule has 1 aromatic heterocycles. The van der Waals surface area contributed by atoms with Crippen LogP contribution in [-0.2, 0) is 22.1 Å². The van der Waals surface area contributed by atoms with Crippen molar-refractivity contribution in [1.82, 2.24) is 10.3 Å². The van der Waals surface area contributed by atoms with E-state index in [0.29, 0.717) is 60.6 Å². The summed E-state index contributed by atoms with van der Waals surface area (Å²) in [5.41, 5.74) is 13.2. The number of rotatable bonds is 12. The first-order valence-electron chi connectivity index (χ1n) is 16.4. The van der Waals surface area contributed by atoms with E-state index in [1.165, 1.54) is 11.6 Å². The molecule has 0 bridgehead atoms. The Hall–Kier alpha value is -3.78. The van der Waals surface area contributed by atoms with Gasteiger partial charge in [-0.2, -0.15) is 13.2 Å². The summed E-state index contributed by atoms with van der Waals surface area (Å²) in [5.74, 6) is -0.733. The Labute approximate surface area is 278 Å². The number of piperidine rings is 1. The molecule has 2 aliphatic heterocycles. The Kier molecular flexibility index (Phi) is 11.9. The van der Waals surface area contributed by atoms with E-state index in [0.717, 1.165) is 37.4 Å². The number of methoxy groups -OCH3 is 1. The minimum atomic E-state index is -4.86. The molecule has 6 N–H and O–H groups in total. The Morgan fingerprint density at radius 1 is 1.19 bits per heavy atom. The number of hydrogen-bond acceptors (Lipinski definition) is 7. The van der Waals surface area contributed by atoms with Gasteiger partial charge in [0, 0.05) is 54.4 Å². The second kappa shape index (κ2) is 16.1. The molecule has 0 saturated carbocycles. The first kappa shape index (κ1) is 35.5. The number of fused-ring (bicyclic) bond motifs is 1. The number of alkyl halides is 3. The summed E-state index contributed by atoms with van der Waals surface area (Å²) in [4.78, 5) is 13.7. The first-order valence-corrected chi connectivity index (χ1v) is 16.4. The van der Waals surface area contributed by atoms with Crippen LogP contribution in [0.25, 0.3) is 17.5 Å². The summed E-state index contributed by atoms with van der Waals surface area (Å²) in [6, 6.07) is 12.6. The number of hydrogen-bond donors (Lipinski definition) is 4. The van der Waals surface area contributed by atoms with Crippen molar-refractivity contribution < 1.29 is 27.0 Å². The molecule has 2 aliphatic rings. The highest BCUT2D eigenvalue weighted by atomic mass is 19.4. The normalized spacial score (nSPS) is 20.3. The van der Waals surface area contributed by atoms with Crippen LogP contribution in [0.1, 0.15) is 68.2 Å². The number of aromatic nitrogens is 1. The van der Waals surface area contributed by atoms with Crippen molar-refractivity contribution in [2.45, 2.75) is 76.2 Å². The van der Waals surface area contributed by atoms with Crippen molar-refractivity contribution in [3.63, 3.8) is 0 Å². The summed E-state index contributed by atoms with van der Waals surface area (Å²) < 4.78 is 68.1. The molecule has 260 valence electrons. The molecule has 3 heterocycles. The largest absolute Gasteiger partial charge is 0.419 e. The summed E-state index contributed by atoms with van der Waals surface area (Å²) >= 11 is 0. The van der Waals surface area contributed by atoms with E-state index in [2.05, 4.69) is 32.4 Å². The van der Waals surface area contributed by atoms with Crippen LogP contribution < -0.4 is 32.4 Å². The maximum atomic E-state index is 15.5. The minimum Gasteiger partial charge on any atom is -0.388 e. The number of amidine groups is 1. The van der Waals surface area contributed by atoms with Crippen molar-refractivity contribution in [3.05, 3.63) is 75.7 Å². The molecule has 0 radical (unpaired) electrons. The Morgan fingerprint density at radius 2 is 1.98 bits per heavy atom. The van der Waals surface area contributed by atoms with Crippen molar-refractivity contribution in [1.29, 1.82) is 0 Å². The van der Waals surface area contributed by atoms with Gasteiger partial charge in [0.05, 0.1) is 23.7 Å². The van der Waals surface area contributed by atoms with Gasteiger partial charge in [0.15, 0.2) is 0 Å². The second-order valence-electron chi connectivity index (χ2n) is 12.6. The van der Waals surface area contributed by atoms with Crippen LogP contribution in [0.2, 0.25) is 0 Å². The van der Waals surface area contributed by atoms with Gasteiger partial charge in [0.2, 0.25) is 0 Å². The number of nitrogens with zero attached hydrogens (tertiary/aromatic N) is 3. The third-order valence-corrected chi connectivity index (χ3v) is 8.76. The SMILES string of the molecule is COC[C@H](N)CCCc1cc(-c2c/c3c([nH]2)=NCOCN(c2ccc([C@@H]4CCC[C@@H](CCN=C(C)N)N4)cc2)\C=3)c(F)c(C(F)(F)F)c1. The van der Waals surface area contributed by atoms with Crippen LogP contribution in [-0.4, -0.2) is 56.6 Å². The number of ether oxygens (including phenoxy) is 2. The lowest BCUT2D eigenvalue weighted by Crippen LogP contribution is -2.37.